The molecule has 0 aromatic heterocycles. The van der Waals surface area contributed by atoms with E-state index < -0.39 is 57.9 Å². The molecule has 0 aliphatic rings. The van der Waals surface area contributed by atoms with Gasteiger partial charge in [-0.3, -0.25) is 0 Å². The fourth-order valence-corrected chi connectivity index (χ4v) is 1.81. The standard InChI is InChI=1S/C13H6F7N/c14-5-3-1-2-4(7(5)15)13(21)6-8(16)10(18)12(20)11(19)9(6)17/h1-3,13H,21H2. The first-order valence-corrected chi connectivity index (χ1v) is 5.48. The molecule has 2 aromatic rings. The summed E-state index contributed by atoms with van der Waals surface area (Å²) in [6, 6.07) is 0.510. The lowest BCUT2D eigenvalue weighted by molar-refractivity contribution is 0.366. The van der Waals surface area contributed by atoms with Crippen LogP contribution >= 0.6 is 0 Å². The summed E-state index contributed by atoms with van der Waals surface area (Å²) in [5, 5.41) is 0. The van der Waals surface area contributed by atoms with Gasteiger partial charge in [-0.2, -0.15) is 0 Å². The molecule has 8 heteroatoms. The molecule has 112 valence electrons. The maximum Gasteiger partial charge on any atom is 0.200 e. The Morgan fingerprint density at radius 1 is 0.667 bits per heavy atom. The molecule has 0 radical (unpaired) electrons. The predicted molar refractivity (Wildman–Crippen MR) is 58.6 cm³/mol. The van der Waals surface area contributed by atoms with Crippen LogP contribution in [0.2, 0.25) is 0 Å². The van der Waals surface area contributed by atoms with Crippen LogP contribution in [0.3, 0.4) is 0 Å². The number of hydrogen-bond donors (Lipinski definition) is 1. The van der Waals surface area contributed by atoms with Crippen LogP contribution in [0.25, 0.3) is 0 Å². The quantitative estimate of drug-likeness (QED) is 0.511. The maximum absolute atomic E-state index is 13.6. The van der Waals surface area contributed by atoms with Crippen LogP contribution in [0.4, 0.5) is 30.7 Å². The van der Waals surface area contributed by atoms with Gasteiger partial charge in [0.2, 0.25) is 5.82 Å². The lowest BCUT2D eigenvalue weighted by Crippen LogP contribution is -2.20. The molecule has 0 aliphatic heterocycles. The first kappa shape index (κ1) is 15.3. The van der Waals surface area contributed by atoms with Crippen molar-refractivity contribution in [2.24, 2.45) is 5.73 Å². The largest absolute Gasteiger partial charge is 0.320 e. The fraction of sp³-hybridized carbons (Fsp3) is 0.0769. The Labute approximate surface area is 113 Å². The minimum Gasteiger partial charge on any atom is -0.320 e. The normalized spacial score (nSPS) is 12.6. The van der Waals surface area contributed by atoms with Gasteiger partial charge in [0.1, 0.15) is 0 Å². The van der Waals surface area contributed by atoms with E-state index in [9.17, 15) is 30.7 Å². The molecule has 2 aromatic carbocycles. The van der Waals surface area contributed by atoms with E-state index in [2.05, 4.69) is 0 Å². The van der Waals surface area contributed by atoms with E-state index in [-0.39, 0.29) is 0 Å². The molecular formula is C13H6F7N. The SMILES string of the molecule is NC(c1cccc(F)c1F)c1c(F)c(F)c(F)c(F)c1F. The van der Waals surface area contributed by atoms with Gasteiger partial charge in [-0.15, -0.1) is 0 Å². The summed E-state index contributed by atoms with van der Waals surface area (Å²) in [6.07, 6.45) is 0. The number of hydrogen-bond acceptors (Lipinski definition) is 1. The highest BCUT2D eigenvalue weighted by atomic mass is 19.2. The second kappa shape index (κ2) is 5.36. The molecule has 0 fully saturated rings. The van der Waals surface area contributed by atoms with Gasteiger partial charge in [0.15, 0.2) is 34.9 Å². The average Bonchev–Trinajstić information content (AvgIpc) is 2.46. The van der Waals surface area contributed by atoms with Crippen LogP contribution in [0.1, 0.15) is 17.2 Å². The van der Waals surface area contributed by atoms with Gasteiger partial charge in [0.25, 0.3) is 0 Å². The lowest BCUT2D eigenvalue weighted by atomic mass is 9.97. The molecule has 1 atom stereocenters. The summed E-state index contributed by atoms with van der Waals surface area (Å²) < 4.78 is 92.7. The van der Waals surface area contributed by atoms with Crippen molar-refractivity contribution in [2.75, 3.05) is 0 Å². The number of benzene rings is 2. The van der Waals surface area contributed by atoms with Crippen molar-refractivity contribution in [1.82, 2.24) is 0 Å². The van der Waals surface area contributed by atoms with Crippen molar-refractivity contribution >= 4 is 0 Å². The molecule has 0 saturated heterocycles. The summed E-state index contributed by atoms with van der Waals surface area (Å²) in [4.78, 5) is 0. The third-order valence-corrected chi connectivity index (χ3v) is 2.87. The molecule has 2 N–H and O–H groups in total. The average molecular weight is 309 g/mol. The molecule has 21 heavy (non-hydrogen) atoms. The summed E-state index contributed by atoms with van der Waals surface area (Å²) in [5.74, 6) is -14.1. The van der Waals surface area contributed by atoms with Crippen molar-refractivity contribution in [3.63, 3.8) is 0 Å². The van der Waals surface area contributed by atoms with Crippen LogP contribution in [0, 0.1) is 40.7 Å². The zero-order valence-electron chi connectivity index (χ0n) is 10.0. The van der Waals surface area contributed by atoms with E-state index >= 15 is 0 Å². The van der Waals surface area contributed by atoms with Gasteiger partial charge >= 0.3 is 0 Å². The highest BCUT2D eigenvalue weighted by Gasteiger charge is 2.31. The molecule has 0 amide bonds. The van der Waals surface area contributed by atoms with E-state index in [0.717, 1.165) is 12.1 Å². The summed E-state index contributed by atoms with van der Waals surface area (Å²) in [6.45, 7) is 0. The highest BCUT2D eigenvalue weighted by molar-refractivity contribution is 5.35. The summed E-state index contributed by atoms with van der Waals surface area (Å²) >= 11 is 0. The zero-order chi connectivity index (χ0) is 15.9. The van der Waals surface area contributed by atoms with E-state index in [0.29, 0.717) is 6.07 Å². The topological polar surface area (TPSA) is 26.0 Å². The monoisotopic (exact) mass is 309 g/mol. The van der Waals surface area contributed by atoms with Gasteiger partial charge in [0.05, 0.1) is 11.6 Å². The van der Waals surface area contributed by atoms with Gasteiger partial charge in [-0.25, -0.2) is 30.7 Å². The Morgan fingerprint density at radius 3 is 1.67 bits per heavy atom. The maximum atomic E-state index is 13.6. The molecule has 2 rings (SSSR count). The van der Waals surface area contributed by atoms with E-state index in [1.54, 1.807) is 0 Å². The summed E-state index contributed by atoms with van der Waals surface area (Å²) in [7, 11) is 0. The van der Waals surface area contributed by atoms with Crippen LogP contribution in [0.5, 0.6) is 0 Å². The molecule has 1 nitrogen and oxygen atoms in total. The Hall–Kier alpha value is -2.09. The van der Waals surface area contributed by atoms with E-state index in [1.807, 2.05) is 0 Å². The molecular weight excluding hydrogens is 303 g/mol. The van der Waals surface area contributed by atoms with Crippen LogP contribution < -0.4 is 5.73 Å². The Kier molecular flexibility index (Phi) is 3.91. The second-order valence-corrected chi connectivity index (χ2v) is 4.10. The summed E-state index contributed by atoms with van der Waals surface area (Å²) in [5.41, 5.74) is 3.16. The fourth-order valence-electron chi connectivity index (χ4n) is 1.81. The van der Waals surface area contributed by atoms with Crippen molar-refractivity contribution in [3.8, 4) is 0 Å². The number of nitrogens with two attached hydrogens (primary N) is 1. The van der Waals surface area contributed by atoms with Crippen LogP contribution in [-0.4, -0.2) is 0 Å². The molecule has 0 saturated carbocycles. The number of rotatable bonds is 2. The smallest absolute Gasteiger partial charge is 0.200 e. The Morgan fingerprint density at radius 2 is 1.14 bits per heavy atom. The molecule has 0 heterocycles. The Bertz CT molecular complexity index is 685. The minimum atomic E-state index is -2.36. The third-order valence-electron chi connectivity index (χ3n) is 2.87. The van der Waals surface area contributed by atoms with Crippen molar-refractivity contribution in [3.05, 3.63) is 70.0 Å². The second-order valence-electron chi connectivity index (χ2n) is 4.10. The van der Waals surface area contributed by atoms with Crippen LogP contribution in [0.15, 0.2) is 18.2 Å². The lowest BCUT2D eigenvalue weighted by Gasteiger charge is -2.16. The van der Waals surface area contributed by atoms with Gasteiger partial charge < -0.3 is 5.73 Å². The third kappa shape index (κ3) is 2.35. The predicted octanol–water partition coefficient (Wildman–Crippen LogP) is 3.71. The number of halogens is 7. The molecule has 0 spiro atoms. The van der Waals surface area contributed by atoms with Crippen LogP contribution in [-0.2, 0) is 0 Å². The molecule has 0 bridgehead atoms. The van der Waals surface area contributed by atoms with Crippen molar-refractivity contribution < 1.29 is 30.7 Å². The molecule has 1 unspecified atom stereocenters. The first-order chi connectivity index (χ1) is 9.77. The highest BCUT2D eigenvalue weighted by Crippen LogP contribution is 2.31. The minimum absolute atomic E-state index is 0.712. The van der Waals surface area contributed by atoms with E-state index in [1.165, 1.54) is 0 Å². The van der Waals surface area contributed by atoms with Crippen molar-refractivity contribution in [1.29, 1.82) is 0 Å². The van der Waals surface area contributed by atoms with Gasteiger partial charge in [-0.1, -0.05) is 12.1 Å². The van der Waals surface area contributed by atoms with Crippen molar-refractivity contribution in [2.45, 2.75) is 6.04 Å². The van der Waals surface area contributed by atoms with E-state index in [4.69, 9.17) is 5.73 Å². The first-order valence-electron chi connectivity index (χ1n) is 5.48. The molecule has 0 aliphatic carbocycles. The Balaban J connectivity index is 2.70. The zero-order valence-corrected chi connectivity index (χ0v) is 10.0. The van der Waals surface area contributed by atoms with Gasteiger partial charge in [-0.05, 0) is 6.07 Å². The van der Waals surface area contributed by atoms with Gasteiger partial charge in [0, 0.05) is 5.56 Å².